The van der Waals surface area contributed by atoms with Crippen molar-refractivity contribution in [3.63, 3.8) is 0 Å². The Hall–Kier alpha value is -4.45. The molecule has 0 aliphatic heterocycles. The van der Waals surface area contributed by atoms with E-state index in [-0.39, 0.29) is 27.8 Å². The van der Waals surface area contributed by atoms with E-state index in [9.17, 15) is 18.5 Å². The maximum atomic E-state index is 13.0. The highest BCUT2D eigenvalue weighted by molar-refractivity contribution is 7.92. The van der Waals surface area contributed by atoms with Crippen LogP contribution in [0.25, 0.3) is 12.2 Å². The number of nitro groups is 1. The summed E-state index contributed by atoms with van der Waals surface area (Å²) in [7, 11) is 3.13. The molecule has 0 aliphatic rings. The van der Waals surface area contributed by atoms with Crippen LogP contribution in [0.15, 0.2) is 53.4 Å². The maximum absolute atomic E-state index is 13.0. The van der Waals surface area contributed by atoms with Crippen molar-refractivity contribution >= 4 is 33.6 Å². The molecule has 0 unspecified atom stereocenters. The molecule has 0 spiro atoms. The molecule has 0 fully saturated rings. The first-order chi connectivity index (χ1) is 17.7. The summed E-state index contributed by atoms with van der Waals surface area (Å²) in [6.07, 6.45) is 3.50. The van der Waals surface area contributed by atoms with E-state index in [2.05, 4.69) is 4.72 Å². The molecule has 0 heterocycles. The Morgan fingerprint density at radius 2 is 1.27 bits per heavy atom. The number of non-ortho nitro benzene ring substituents is 1. The smallest absolute Gasteiger partial charge is 0.270 e. The largest absolute Gasteiger partial charge is 0.493 e. The molecule has 3 aromatic rings. The van der Waals surface area contributed by atoms with Crippen LogP contribution >= 0.6 is 0 Å². The number of nitrogens with zero attached hydrogens (tertiary/aromatic N) is 1. The average Bonchev–Trinajstić information content (AvgIpc) is 2.90. The maximum Gasteiger partial charge on any atom is 0.270 e. The van der Waals surface area contributed by atoms with E-state index in [0.717, 1.165) is 11.6 Å². The minimum Gasteiger partial charge on any atom is -0.493 e. The number of hydrogen-bond acceptors (Lipinski definition) is 9. The van der Waals surface area contributed by atoms with Crippen molar-refractivity contribution in [2.45, 2.75) is 4.90 Å². The summed E-state index contributed by atoms with van der Waals surface area (Å²) >= 11 is 0. The fourth-order valence-electron chi connectivity index (χ4n) is 3.52. The zero-order valence-corrected chi connectivity index (χ0v) is 21.6. The number of sulfonamides is 1. The molecule has 0 radical (unpaired) electrons. The van der Waals surface area contributed by atoms with Crippen molar-refractivity contribution in [1.82, 2.24) is 0 Å². The van der Waals surface area contributed by atoms with Crippen LogP contribution in [0.4, 0.5) is 11.4 Å². The Kier molecular flexibility index (Phi) is 8.45. The molecule has 37 heavy (non-hydrogen) atoms. The zero-order valence-electron chi connectivity index (χ0n) is 20.8. The summed E-state index contributed by atoms with van der Waals surface area (Å²) < 4.78 is 55.4. The lowest BCUT2D eigenvalue weighted by atomic mass is 10.1. The Morgan fingerprint density at radius 1 is 0.757 bits per heavy atom. The van der Waals surface area contributed by atoms with Gasteiger partial charge in [-0.2, -0.15) is 0 Å². The van der Waals surface area contributed by atoms with Gasteiger partial charge in [0.05, 0.1) is 51.1 Å². The van der Waals surface area contributed by atoms with Gasteiger partial charge in [-0.25, -0.2) is 8.42 Å². The molecular weight excluding hydrogens is 504 g/mol. The number of hydrogen-bond donors (Lipinski definition) is 1. The van der Waals surface area contributed by atoms with Gasteiger partial charge in [0, 0.05) is 12.1 Å². The molecule has 3 rings (SSSR count). The average molecular weight is 531 g/mol. The molecule has 0 saturated heterocycles. The van der Waals surface area contributed by atoms with Crippen LogP contribution in [0, 0.1) is 10.1 Å². The van der Waals surface area contributed by atoms with Gasteiger partial charge in [-0.3, -0.25) is 14.8 Å². The summed E-state index contributed by atoms with van der Waals surface area (Å²) in [6.45, 7) is 0. The topological polar surface area (TPSA) is 135 Å². The predicted octanol–water partition coefficient (Wildman–Crippen LogP) is 4.61. The molecule has 11 nitrogen and oxygen atoms in total. The number of ether oxygens (including phenoxy) is 5. The van der Waals surface area contributed by atoms with E-state index in [1.54, 1.807) is 36.4 Å². The molecule has 1 N–H and O–H groups in total. The SMILES string of the molecule is COc1cc(C=Cc2cc(OC)c(OC)c(OC)c2)cc(NS(=O)(=O)c2cccc([N+](=O)[O-])c2)c1OC. The van der Waals surface area contributed by atoms with Crippen molar-refractivity contribution in [1.29, 1.82) is 0 Å². The van der Waals surface area contributed by atoms with Gasteiger partial charge in [0.2, 0.25) is 5.75 Å². The molecule has 0 amide bonds. The van der Waals surface area contributed by atoms with E-state index < -0.39 is 14.9 Å². The summed E-state index contributed by atoms with van der Waals surface area (Å²) in [5.74, 6) is 1.80. The van der Waals surface area contributed by atoms with E-state index in [4.69, 9.17) is 23.7 Å². The second kappa shape index (κ2) is 11.5. The third kappa shape index (κ3) is 6.04. The van der Waals surface area contributed by atoms with Crippen molar-refractivity contribution in [3.05, 3.63) is 69.8 Å². The van der Waals surface area contributed by atoms with E-state index in [1.807, 2.05) is 0 Å². The Labute approximate surface area is 214 Å². The second-order valence-electron chi connectivity index (χ2n) is 7.46. The fourth-order valence-corrected chi connectivity index (χ4v) is 4.61. The molecule has 0 aliphatic carbocycles. The Bertz CT molecular complexity index is 1410. The van der Waals surface area contributed by atoms with Crippen LogP contribution in [0.2, 0.25) is 0 Å². The lowest BCUT2D eigenvalue weighted by molar-refractivity contribution is -0.385. The first-order valence-electron chi connectivity index (χ1n) is 10.7. The molecule has 0 saturated carbocycles. The van der Waals surface area contributed by atoms with Crippen LogP contribution < -0.4 is 28.4 Å². The summed E-state index contributed by atoms with van der Waals surface area (Å²) in [5, 5.41) is 11.1. The van der Waals surface area contributed by atoms with Crippen molar-refractivity contribution < 1.29 is 37.0 Å². The monoisotopic (exact) mass is 530 g/mol. The van der Waals surface area contributed by atoms with Gasteiger partial charge < -0.3 is 23.7 Å². The number of anilines is 1. The quantitative estimate of drug-likeness (QED) is 0.214. The number of benzene rings is 3. The summed E-state index contributed by atoms with van der Waals surface area (Å²) in [5.41, 5.74) is 1.03. The normalized spacial score (nSPS) is 11.2. The fraction of sp³-hybridized carbons (Fsp3) is 0.200. The number of nitro benzene ring substituents is 1. The van der Waals surface area contributed by atoms with Crippen LogP contribution in [0.1, 0.15) is 11.1 Å². The van der Waals surface area contributed by atoms with Crippen LogP contribution in [0.5, 0.6) is 28.7 Å². The third-order valence-corrected chi connectivity index (χ3v) is 6.60. The summed E-state index contributed by atoms with van der Waals surface area (Å²) in [4.78, 5) is 10.1. The van der Waals surface area contributed by atoms with Gasteiger partial charge in [0.25, 0.3) is 15.7 Å². The van der Waals surface area contributed by atoms with E-state index >= 15 is 0 Å². The highest BCUT2D eigenvalue weighted by Gasteiger charge is 2.22. The van der Waals surface area contributed by atoms with Gasteiger partial charge in [0.15, 0.2) is 23.0 Å². The standard InChI is InChI=1S/C25H26N2O9S/c1-32-21-12-16(9-10-17-13-22(33-2)25(36-5)23(14-17)34-3)11-20(24(21)35-4)26-37(30,31)19-8-6-7-18(15-19)27(28)29/h6-15,26H,1-5H3. The molecule has 3 aromatic carbocycles. The molecule has 196 valence electrons. The molecule has 0 bridgehead atoms. The highest BCUT2D eigenvalue weighted by atomic mass is 32.2. The van der Waals surface area contributed by atoms with Crippen molar-refractivity contribution in [2.75, 3.05) is 40.3 Å². The zero-order chi connectivity index (χ0) is 27.2. The van der Waals surface area contributed by atoms with Crippen molar-refractivity contribution in [2.24, 2.45) is 0 Å². The number of nitrogens with one attached hydrogen (secondary N) is 1. The van der Waals surface area contributed by atoms with Gasteiger partial charge in [-0.15, -0.1) is 0 Å². The van der Waals surface area contributed by atoms with Crippen LogP contribution in [0.3, 0.4) is 0 Å². The summed E-state index contributed by atoms with van der Waals surface area (Å²) in [6, 6.07) is 11.4. The Balaban J connectivity index is 2.04. The molecule has 12 heteroatoms. The first-order valence-corrected chi connectivity index (χ1v) is 12.2. The van der Waals surface area contributed by atoms with Crippen molar-refractivity contribution in [3.8, 4) is 28.7 Å². The lowest BCUT2D eigenvalue weighted by Gasteiger charge is -2.16. The van der Waals surface area contributed by atoms with Gasteiger partial charge >= 0.3 is 0 Å². The minimum absolute atomic E-state index is 0.0814. The predicted molar refractivity (Wildman–Crippen MR) is 138 cm³/mol. The first kappa shape index (κ1) is 27.1. The van der Waals surface area contributed by atoms with Gasteiger partial charge in [-0.1, -0.05) is 18.2 Å². The second-order valence-corrected chi connectivity index (χ2v) is 9.14. The number of rotatable bonds is 11. The molecule has 0 aromatic heterocycles. The van der Waals surface area contributed by atoms with Gasteiger partial charge in [-0.05, 0) is 41.5 Å². The van der Waals surface area contributed by atoms with Crippen LogP contribution in [-0.4, -0.2) is 48.9 Å². The Morgan fingerprint density at radius 3 is 1.76 bits per heavy atom. The minimum atomic E-state index is -4.20. The number of methoxy groups -OCH3 is 5. The van der Waals surface area contributed by atoms with E-state index in [0.29, 0.717) is 22.8 Å². The van der Waals surface area contributed by atoms with Gasteiger partial charge in [0.1, 0.15) is 0 Å². The highest BCUT2D eigenvalue weighted by Crippen LogP contribution is 2.40. The van der Waals surface area contributed by atoms with E-state index in [1.165, 1.54) is 53.7 Å². The molecular formula is C25H26N2O9S. The van der Waals surface area contributed by atoms with Crippen LogP contribution in [-0.2, 0) is 10.0 Å². The molecule has 0 atom stereocenters. The lowest BCUT2D eigenvalue weighted by Crippen LogP contribution is -2.14. The third-order valence-electron chi connectivity index (χ3n) is 5.24.